The van der Waals surface area contributed by atoms with Crippen molar-refractivity contribution < 1.29 is 0 Å². The molecule has 2 aliphatic rings. The highest BCUT2D eigenvalue weighted by atomic mass is 15.4. The molecule has 0 unspecified atom stereocenters. The van der Waals surface area contributed by atoms with Gasteiger partial charge in [-0.25, -0.2) is 0 Å². The lowest BCUT2D eigenvalue weighted by Crippen LogP contribution is -2.63. The Bertz CT molecular complexity index is 329. The van der Waals surface area contributed by atoms with Gasteiger partial charge in [-0.1, -0.05) is 0 Å². The number of anilines is 1. The topological polar surface area (TPSA) is 44.3 Å². The van der Waals surface area contributed by atoms with Crippen LogP contribution in [0.4, 0.5) is 5.82 Å². The van der Waals surface area contributed by atoms with Gasteiger partial charge >= 0.3 is 0 Å². The third-order valence-electron chi connectivity index (χ3n) is 3.41. The van der Waals surface area contributed by atoms with E-state index < -0.39 is 0 Å². The molecule has 2 fully saturated rings. The molecule has 0 atom stereocenters. The summed E-state index contributed by atoms with van der Waals surface area (Å²) in [6.07, 6.45) is 1.72. The zero-order chi connectivity index (χ0) is 10.8. The number of rotatable bonds is 2. The van der Waals surface area contributed by atoms with Crippen LogP contribution >= 0.6 is 0 Å². The van der Waals surface area contributed by atoms with Crippen LogP contribution in [0.2, 0.25) is 0 Å². The lowest BCUT2D eigenvalue weighted by Gasteiger charge is -2.47. The van der Waals surface area contributed by atoms with Crippen LogP contribution < -0.4 is 10.2 Å². The van der Waals surface area contributed by atoms with Crippen molar-refractivity contribution in [2.45, 2.75) is 6.04 Å². The fourth-order valence-corrected chi connectivity index (χ4v) is 2.38. The molecule has 1 aromatic rings. The first-order valence-corrected chi connectivity index (χ1v) is 5.91. The quantitative estimate of drug-likeness (QED) is 0.731. The number of hydrogen-bond donors (Lipinski definition) is 1. The van der Waals surface area contributed by atoms with Crippen LogP contribution in [0.1, 0.15) is 0 Å². The lowest BCUT2D eigenvalue weighted by molar-refractivity contribution is 0.147. The van der Waals surface area contributed by atoms with E-state index >= 15 is 0 Å². The number of hydrogen-bond acceptors (Lipinski definition) is 5. The van der Waals surface area contributed by atoms with E-state index in [0.29, 0.717) is 6.04 Å². The summed E-state index contributed by atoms with van der Waals surface area (Å²) >= 11 is 0. The van der Waals surface area contributed by atoms with Crippen LogP contribution in [0.15, 0.2) is 18.3 Å². The predicted molar refractivity (Wildman–Crippen MR) is 62.5 cm³/mol. The van der Waals surface area contributed by atoms with Crippen LogP contribution in [0.3, 0.4) is 0 Å². The number of nitrogens with one attached hydrogen (secondary N) is 1. The second-order valence-electron chi connectivity index (χ2n) is 4.43. The molecular weight excluding hydrogens is 202 g/mol. The largest absolute Gasteiger partial charge is 0.352 e. The van der Waals surface area contributed by atoms with E-state index in [0.717, 1.165) is 32.0 Å². The molecule has 1 N–H and O–H groups in total. The molecule has 2 saturated heterocycles. The molecule has 3 rings (SSSR count). The van der Waals surface area contributed by atoms with Crippen molar-refractivity contribution in [3.05, 3.63) is 18.3 Å². The van der Waals surface area contributed by atoms with Gasteiger partial charge in [-0.05, 0) is 12.1 Å². The molecule has 0 aliphatic carbocycles. The average molecular weight is 219 g/mol. The summed E-state index contributed by atoms with van der Waals surface area (Å²) in [6, 6.07) is 4.69. The standard InChI is InChI=1S/C11H17N5/c1-2-11(14-13-3-1)16-8-10(9-16)15-6-4-12-5-7-15/h1-3,10,12H,4-9H2. The Morgan fingerprint density at radius 2 is 2.06 bits per heavy atom. The molecule has 2 aliphatic heterocycles. The summed E-state index contributed by atoms with van der Waals surface area (Å²) < 4.78 is 0. The first kappa shape index (κ1) is 9.99. The minimum Gasteiger partial charge on any atom is -0.352 e. The fraction of sp³-hybridized carbons (Fsp3) is 0.636. The average Bonchev–Trinajstić information content (AvgIpc) is 2.30. The maximum Gasteiger partial charge on any atom is 0.151 e. The summed E-state index contributed by atoms with van der Waals surface area (Å²) in [5, 5.41) is 11.4. The number of aromatic nitrogens is 2. The van der Waals surface area contributed by atoms with E-state index in [2.05, 4.69) is 25.3 Å². The Hall–Kier alpha value is -1.20. The third kappa shape index (κ3) is 1.88. The first-order valence-electron chi connectivity index (χ1n) is 5.91. The molecule has 5 heteroatoms. The molecular formula is C11H17N5. The number of nitrogens with zero attached hydrogens (tertiary/aromatic N) is 4. The highest BCUT2D eigenvalue weighted by molar-refractivity contribution is 5.40. The Kier molecular flexibility index (Phi) is 2.71. The maximum atomic E-state index is 4.13. The van der Waals surface area contributed by atoms with Crippen molar-refractivity contribution in [2.24, 2.45) is 0 Å². The third-order valence-corrected chi connectivity index (χ3v) is 3.41. The van der Waals surface area contributed by atoms with Gasteiger partial charge in [0.15, 0.2) is 5.82 Å². The molecule has 0 spiro atoms. The van der Waals surface area contributed by atoms with Gasteiger partial charge < -0.3 is 10.2 Å². The molecule has 0 aromatic carbocycles. The summed E-state index contributed by atoms with van der Waals surface area (Å²) in [5.41, 5.74) is 0. The van der Waals surface area contributed by atoms with Crippen molar-refractivity contribution >= 4 is 5.82 Å². The van der Waals surface area contributed by atoms with E-state index in [-0.39, 0.29) is 0 Å². The van der Waals surface area contributed by atoms with Gasteiger partial charge in [0.25, 0.3) is 0 Å². The number of piperazine rings is 1. The van der Waals surface area contributed by atoms with Gasteiger partial charge in [0.2, 0.25) is 0 Å². The first-order chi connectivity index (χ1) is 7.93. The molecule has 5 nitrogen and oxygen atoms in total. The molecule has 86 valence electrons. The normalized spacial score (nSPS) is 23.1. The van der Waals surface area contributed by atoms with Crippen LogP contribution in [-0.2, 0) is 0 Å². The van der Waals surface area contributed by atoms with E-state index in [4.69, 9.17) is 0 Å². The van der Waals surface area contributed by atoms with Crippen molar-refractivity contribution in [2.75, 3.05) is 44.2 Å². The van der Waals surface area contributed by atoms with Crippen molar-refractivity contribution in [1.82, 2.24) is 20.4 Å². The fourth-order valence-electron chi connectivity index (χ4n) is 2.38. The zero-order valence-corrected chi connectivity index (χ0v) is 9.34. The summed E-state index contributed by atoms with van der Waals surface area (Å²) in [5.74, 6) is 1.01. The minimum absolute atomic E-state index is 0.712. The molecule has 3 heterocycles. The van der Waals surface area contributed by atoms with Crippen LogP contribution in [-0.4, -0.2) is 60.4 Å². The molecule has 16 heavy (non-hydrogen) atoms. The SMILES string of the molecule is c1cnnc(N2CC(N3CCNCC3)C2)c1. The van der Waals surface area contributed by atoms with Crippen LogP contribution in [0.5, 0.6) is 0 Å². The Balaban J connectivity index is 1.54. The highest BCUT2D eigenvalue weighted by Crippen LogP contribution is 2.20. The van der Waals surface area contributed by atoms with Gasteiger partial charge in [0.05, 0.1) is 0 Å². The van der Waals surface area contributed by atoms with Gasteiger partial charge in [0.1, 0.15) is 0 Å². The van der Waals surface area contributed by atoms with Crippen molar-refractivity contribution in [3.63, 3.8) is 0 Å². The van der Waals surface area contributed by atoms with E-state index in [1.54, 1.807) is 6.20 Å². The highest BCUT2D eigenvalue weighted by Gasteiger charge is 2.32. The second-order valence-corrected chi connectivity index (χ2v) is 4.43. The summed E-state index contributed by atoms with van der Waals surface area (Å²) in [6.45, 7) is 6.80. The van der Waals surface area contributed by atoms with Gasteiger partial charge in [-0.3, -0.25) is 4.90 Å². The minimum atomic E-state index is 0.712. The van der Waals surface area contributed by atoms with Crippen molar-refractivity contribution in [3.8, 4) is 0 Å². The molecule has 0 amide bonds. The summed E-state index contributed by atoms with van der Waals surface area (Å²) in [7, 11) is 0. The Labute approximate surface area is 95.5 Å². The molecule has 0 radical (unpaired) electrons. The van der Waals surface area contributed by atoms with E-state index in [1.807, 2.05) is 12.1 Å². The molecule has 0 saturated carbocycles. The second kappa shape index (κ2) is 4.35. The zero-order valence-electron chi connectivity index (χ0n) is 9.34. The predicted octanol–water partition coefficient (Wildman–Crippen LogP) is -0.430. The van der Waals surface area contributed by atoms with Crippen LogP contribution in [0, 0.1) is 0 Å². The van der Waals surface area contributed by atoms with Gasteiger partial charge in [0, 0.05) is 51.5 Å². The maximum absolute atomic E-state index is 4.13. The van der Waals surface area contributed by atoms with Gasteiger partial charge in [-0.2, -0.15) is 5.10 Å². The van der Waals surface area contributed by atoms with E-state index in [9.17, 15) is 0 Å². The van der Waals surface area contributed by atoms with Crippen molar-refractivity contribution in [1.29, 1.82) is 0 Å². The molecule has 0 bridgehead atoms. The Morgan fingerprint density at radius 3 is 2.75 bits per heavy atom. The monoisotopic (exact) mass is 219 g/mol. The van der Waals surface area contributed by atoms with Crippen LogP contribution in [0.25, 0.3) is 0 Å². The molecule has 1 aromatic heterocycles. The smallest absolute Gasteiger partial charge is 0.151 e. The summed E-state index contributed by atoms with van der Waals surface area (Å²) in [4.78, 5) is 4.86. The van der Waals surface area contributed by atoms with E-state index in [1.165, 1.54) is 13.1 Å². The Morgan fingerprint density at radius 1 is 1.25 bits per heavy atom. The lowest BCUT2D eigenvalue weighted by atomic mass is 10.1. The van der Waals surface area contributed by atoms with Gasteiger partial charge in [-0.15, -0.1) is 5.10 Å².